The average Bonchev–Trinajstić information content (AvgIpc) is 2.53. The Morgan fingerprint density at radius 2 is 2.14 bits per heavy atom. The van der Waals surface area contributed by atoms with Crippen LogP contribution < -0.4 is 5.32 Å². The number of morpholine rings is 1. The van der Waals surface area contributed by atoms with Gasteiger partial charge >= 0.3 is 0 Å². The van der Waals surface area contributed by atoms with Crippen LogP contribution >= 0.6 is 0 Å². The van der Waals surface area contributed by atoms with E-state index in [4.69, 9.17) is 4.74 Å². The number of benzene rings is 1. The van der Waals surface area contributed by atoms with Crippen molar-refractivity contribution in [2.75, 3.05) is 25.5 Å². The summed E-state index contributed by atoms with van der Waals surface area (Å²) in [5.74, 6) is 0.154. The number of carbonyl (C=O) groups excluding carboxylic acids is 1. The molecule has 2 unspecified atom stereocenters. The smallest absolute Gasteiger partial charge is 0.254 e. The van der Waals surface area contributed by atoms with Crippen LogP contribution in [0.4, 0.5) is 5.69 Å². The number of anilines is 1. The van der Waals surface area contributed by atoms with E-state index >= 15 is 0 Å². The fourth-order valence-electron chi connectivity index (χ4n) is 3.59. The largest absolute Gasteiger partial charge is 0.388 e. The quantitative estimate of drug-likeness (QED) is 0.910. The van der Waals surface area contributed by atoms with Gasteiger partial charge in [0.15, 0.2) is 0 Å². The van der Waals surface area contributed by atoms with Crippen LogP contribution in [-0.2, 0) is 4.74 Å². The number of nitrogens with one attached hydrogen (secondary N) is 1. The molecule has 0 bridgehead atoms. The minimum atomic E-state index is 0.154. The minimum Gasteiger partial charge on any atom is -0.388 e. The number of fused-ring (bicyclic) bond motifs is 1. The molecule has 1 N–H and O–H groups in total. The maximum atomic E-state index is 12.9. The Morgan fingerprint density at radius 1 is 1.33 bits per heavy atom. The number of hydrogen-bond acceptors (Lipinski definition) is 3. The molecule has 114 valence electrons. The molecule has 0 radical (unpaired) electrons. The van der Waals surface area contributed by atoms with Gasteiger partial charge in [-0.1, -0.05) is 12.8 Å². The second kappa shape index (κ2) is 6.06. The van der Waals surface area contributed by atoms with Crippen LogP contribution in [0, 0.1) is 6.92 Å². The lowest BCUT2D eigenvalue weighted by Gasteiger charge is -2.43. The molecule has 21 heavy (non-hydrogen) atoms. The van der Waals surface area contributed by atoms with Crippen molar-refractivity contribution >= 4 is 11.6 Å². The summed E-state index contributed by atoms with van der Waals surface area (Å²) in [5, 5.41) is 3.14. The monoisotopic (exact) mass is 288 g/mol. The Kier molecular flexibility index (Phi) is 4.15. The molecule has 4 nitrogen and oxygen atoms in total. The molecular formula is C17H24N2O2. The maximum absolute atomic E-state index is 12.9. The van der Waals surface area contributed by atoms with Crippen LogP contribution in [0.25, 0.3) is 0 Å². The standard InChI is InChI=1S/C17H24N2O2/c1-12-11-13(7-8-14(12)18-2)17(20)19-9-10-21-16-6-4-3-5-15(16)19/h7-8,11,15-16,18H,3-6,9-10H2,1-2H3. The lowest BCUT2D eigenvalue weighted by Crippen LogP contribution is -2.54. The normalized spacial score (nSPS) is 25.3. The van der Waals surface area contributed by atoms with Crippen molar-refractivity contribution < 1.29 is 9.53 Å². The molecule has 1 amide bonds. The van der Waals surface area contributed by atoms with Gasteiger partial charge in [0, 0.05) is 24.8 Å². The highest BCUT2D eigenvalue weighted by molar-refractivity contribution is 5.95. The van der Waals surface area contributed by atoms with Gasteiger partial charge in [-0.05, 0) is 43.5 Å². The molecule has 1 saturated carbocycles. The summed E-state index contributed by atoms with van der Waals surface area (Å²) < 4.78 is 5.85. The van der Waals surface area contributed by atoms with E-state index in [0.29, 0.717) is 13.2 Å². The van der Waals surface area contributed by atoms with Gasteiger partial charge in [-0.2, -0.15) is 0 Å². The topological polar surface area (TPSA) is 41.6 Å². The number of amides is 1. The van der Waals surface area contributed by atoms with Crippen molar-refractivity contribution in [3.63, 3.8) is 0 Å². The zero-order valence-electron chi connectivity index (χ0n) is 12.9. The first-order chi connectivity index (χ1) is 10.2. The zero-order valence-corrected chi connectivity index (χ0v) is 12.9. The lowest BCUT2D eigenvalue weighted by molar-refractivity contribution is -0.0752. The molecule has 3 rings (SSSR count). The molecule has 1 saturated heterocycles. The van der Waals surface area contributed by atoms with Crippen LogP contribution in [0.3, 0.4) is 0 Å². The van der Waals surface area contributed by atoms with Gasteiger partial charge in [0.2, 0.25) is 0 Å². The molecular weight excluding hydrogens is 264 g/mol. The zero-order chi connectivity index (χ0) is 14.8. The molecule has 1 aromatic rings. The third-order valence-corrected chi connectivity index (χ3v) is 4.74. The number of nitrogens with zero attached hydrogens (tertiary/aromatic N) is 1. The molecule has 0 spiro atoms. The molecule has 2 aliphatic rings. The van der Waals surface area contributed by atoms with Gasteiger partial charge in [-0.15, -0.1) is 0 Å². The molecule has 2 atom stereocenters. The fourth-order valence-corrected chi connectivity index (χ4v) is 3.59. The summed E-state index contributed by atoms with van der Waals surface area (Å²) in [7, 11) is 1.90. The van der Waals surface area contributed by atoms with E-state index in [-0.39, 0.29) is 18.1 Å². The maximum Gasteiger partial charge on any atom is 0.254 e. The van der Waals surface area contributed by atoms with E-state index in [2.05, 4.69) is 5.32 Å². The second-order valence-electron chi connectivity index (χ2n) is 6.04. The first kappa shape index (κ1) is 14.4. The summed E-state index contributed by atoms with van der Waals surface area (Å²) in [6, 6.07) is 6.17. The Labute approximate surface area is 126 Å². The number of carbonyl (C=O) groups is 1. The van der Waals surface area contributed by atoms with Gasteiger partial charge < -0.3 is 15.0 Å². The molecule has 4 heteroatoms. The fraction of sp³-hybridized carbons (Fsp3) is 0.588. The number of rotatable bonds is 2. The van der Waals surface area contributed by atoms with Crippen molar-refractivity contribution in [1.82, 2.24) is 4.90 Å². The van der Waals surface area contributed by atoms with E-state index in [0.717, 1.165) is 29.7 Å². The van der Waals surface area contributed by atoms with Gasteiger partial charge in [0.1, 0.15) is 0 Å². The highest BCUT2D eigenvalue weighted by Gasteiger charge is 2.36. The van der Waals surface area contributed by atoms with Crippen LogP contribution in [0.1, 0.15) is 41.6 Å². The van der Waals surface area contributed by atoms with Gasteiger partial charge in [-0.25, -0.2) is 0 Å². The van der Waals surface area contributed by atoms with Gasteiger partial charge in [-0.3, -0.25) is 4.79 Å². The van der Waals surface area contributed by atoms with Crippen molar-refractivity contribution in [3.05, 3.63) is 29.3 Å². The van der Waals surface area contributed by atoms with Gasteiger partial charge in [0.05, 0.1) is 18.8 Å². The Bertz CT molecular complexity index is 528. The minimum absolute atomic E-state index is 0.154. The van der Waals surface area contributed by atoms with Crippen LogP contribution in [-0.4, -0.2) is 43.2 Å². The third-order valence-electron chi connectivity index (χ3n) is 4.74. The highest BCUT2D eigenvalue weighted by Crippen LogP contribution is 2.29. The number of ether oxygens (including phenoxy) is 1. The average molecular weight is 288 g/mol. The van der Waals surface area contributed by atoms with E-state index in [1.54, 1.807) is 0 Å². The van der Waals surface area contributed by atoms with Crippen LogP contribution in [0.15, 0.2) is 18.2 Å². The SMILES string of the molecule is CNc1ccc(C(=O)N2CCOC3CCCCC32)cc1C. The van der Waals surface area contributed by atoms with E-state index in [1.165, 1.54) is 12.8 Å². The van der Waals surface area contributed by atoms with Crippen molar-refractivity contribution in [3.8, 4) is 0 Å². The van der Waals surface area contributed by atoms with Gasteiger partial charge in [0.25, 0.3) is 5.91 Å². The van der Waals surface area contributed by atoms with Crippen molar-refractivity contribution in [2.45, 2.75) is 44.8 Å². The summed E-state index contributed by atoms with van der Waals surface area (Å²) in [6.07, 6.45) is 4.83. The van der Waals surface area contributed by atoms with Crippen LogP contribution in [0.5, 0.6) is 0 Å². The Morgan fingerprint density at radius 3 is 2.90 bits per heavy atom. The van der Waals surface area contributed by atoms with Crippen molar-refractivity contribution in [1.29, 1.82) is 0 Å². The first-order valence-electron chi connectivity index (χ1n) is 7.91. The first-order valence-corrected chi connectivity index (χ1v) is 7.91. The predicted octanol–water partition coefficient (Wildman–Crippen LogP) is 2.82. The van der Waals surface area contributed by atoms with E-state index in [1.807, 2.05) is 37.1 Å². The third kappa shape index (κ3) is 2.77. The summed E-state index contributed by atoms with van der Waals surface area (Å²) in [6.45, 7) is 3.42. The van der Waals surface area contributed by atoms with Crippen molar-refractivity contribution in [2.24, 2.45) is 0 Å². The summed E-state index contributed by atoms with van der Waals surface area (Å²) in [5.41, 5.74) is 2.97. The molecule has 1 heterocycles. The second-order valence-corrected chi connectivity index (χ2v) is 6.04. The molecule has 1 aliphatic heterocycles. The van der Waals surface area contributed by atoms with E-state index in [9.17, 15) is 4.79 Å². The van der Waals surface area contributed by atoms with Crippen LogP contribution in [0.2, 0.25) is 0 Å². The number of hydrogen-bond donors (Lipinski definition) is 1. The number of aryl methyl sites for hydroxylation is 1. The Balaban J connectivity index is 1.81. The predicted molar refractivity (Wildman–Crippen MR) is 83.8 cm³/mol. The lowest BCUT2D eigenvalue weighted by atomic mass is 9.89. The Hall–Kier alpha value is -1.55. The summed E-state index contributed by atoms with van der Waals surface area (Å²) >= 11 is 0. The molecule has 1 aliphatic carbocycles. The molecule has 2 fully saturated rings. The molecule has 0 aromatic heterocycles. The van der Waals surface area contributed by atoms with E-state index < -0.39 is 0 Å². The highest BCUT2D eigenvalue weighted by atomic mass is 16.5. The summed E-state index contributed by atoms with van der Waals surface area (Å²) in [4.78, 5) is 14.9. The molecule has 1 aromatic carbocycles.